The molecule has 0 amide bonds. The molecule has 0 bridgehead atoms. The molecule has 0 N–H and O–H groups in total. The van der Waals surface area contributed by atoms with E-state index in [0.29, 0.717) is 0 Å². The topological polar surface area (TPSA) is 9.23 Å². The molecule has 13 heavy (non-hydrogen) atoms. The summed E-state index contributed by atoms with van der Waals surface area (Å²) in [5, 5.41) is 1.71. The van der Waals surface area contributed by atoms with Crippen molar-refractivity contribution in [1.29, 1.82) is 0 Å². The Hall–Kier alpha value is -0.343. The van der Waals surface area contributed by atoms with E-state index in [9.17, 15) is 0 Å². The molecule has 0 spiro atoms. The molecule has 0 heterocycles. The van der Waals surface area contributed by atoms with Gasteiger partial charge in [0, 0.05) is 7.11 Å². The van der Waals surface area contributed by atoms with Crippen LogP contribution in [0.3, 0.4) is 0 Å². The zero-order chi connectivity index (χ0) is 9.90. The highest BCUT2D eigenvalue weighted by Gasteiger charge is 2.23. The lowest BCUT2D eigenvalue weighted by Crippen LogP contribution is -2.24. The van der Waals surface area contributed by atoms with Crippen molar-refractivity contribution in [2.45, 2.75) is 32.5 Å². The van der Waals surface area contributed by atoms with Crippen molar-refractivity contribution < 1.29 is 4.74 Å². The smallest absolute Gasteiger partial charge is 0.0732 e. The Bertz CT molecular complexity index is 233. The van der Waals surface area contributed by atoms with Crippen LogP contribution in [-0.2, 0) is 4.74 Å². The number of hydrogen-bond donors (Lipinski definition) is 0. The second-order valence-corrected chi connectivity index (χ2v) is 9.71. The van der Waals surface area contributed by atoms with Gasteiger partial charge in [-0.3, -0.25) is 0 Å². The average molecular weight is 196 g/mol. The first-order valence-electron chi connectivity index (χ1n) is 4.93. The second-order valence-electron chi connectivity index (χ2n) is 4.60. The first-order valence-corrected chi connectivity index (χ1v) is 8.43. The lowest BCUT2D eigenvalue weighted by atomic mass is 10.2. The van der Waals surface area contributed by atoms with E-state index in [0.717, 1.165) is 13.0 Å². The van der Waals surface area contributed by atoms with Gasteiger partial charge in [-0.1, -0.05) is 42.6 Å². The highest BCUT2D eigenvalue weighted by molar-refractivity contribution is 6.83. The summed E-state index contributed by atoms with van der Waals surface area (Å²) in [6.07, 6.45) is 6.85. The zero-order valence-corrected chi connectivity index (χ0v) is 10.2. The van der Waals surface area contributed by atoms with Crippen molar-refractivity contribution >= 4 is 8.07 Å². The minimum Gasteiger partial charge on any atom is -0.384 e. The Morgan fingerprint density at radius 3 is 2.62 bits per heavy atom. The van der Waals surface area contributed by atoms with E-state index < -0.39 is 8.07 Å². The van der Waals surface area contributed by atoms with E-state index in [1.54, 1.807) is 17.9 Å². The van der Waals surface area contributed by atoms with Gasteiger partial charge in [0.05, 0.1) is 14.7 Å². The minimum absolute atomic E-state index is 0.855. The third kappa shape index (κ3) is 2.81. The molecule has 74 valence electrons. The molecule has 0 fully saturated rings. The van der Waals surface area contributed by atoms with E-state index in [4.69, 9.17) is 4.74 Å². The van der Waals surface area contributed by atoms with Crippen molar-refractivity contribution in [3.05, 3.63) is 22.9 Å². The summed E-state index contributed by atoms with van der Waals surface area (Å²) in [6, 6.07) is 0. The fourth-order valence-corrected chi connectivity index (χ4v) is 3.69. The molecule has 0 aromatic heterocycles. The summed E-state index contributed by atoms with van der Waals surface area (Å²) in [5.41, 5.74) is 1.54. The van der Waals surface area contributed by atoms with Crippen LogP contribution < -0.4 is 0 Å². The maximum Gasteiger partial charge on any atom is 0.0732 e. The first kappa shape index (κ1) is 10.7. The number of methoxy groups -OCH3 is 1. The predicted octanol–water partition coefficient (Wildman–Crippen LogP) is 3.16. The van der Waals surface area contributed by atoms with Crippen molar-refractivity contribution in [3.8, 4) is 0 Å². The van der Waals surface area contributed by atoms with Gasteiger partial charge in [-0.05, 0) is 12.8 Å². The molecule has 0 radical (unpaired) electrons. The van der Waals surface area contributed by atoms with Crippen molar-refractivity contribution in [2.24, 2.45) is 0 Å². The van der Waals surface area contributed by atoms with Crippen LogP contribution in [-0.4, -0.2) is 21.8 Å². The summed E-state index contributed by atoms with van der Waals surface area (Å²) < 4.78 is 5.11. The van der Waals surface area contributed by atoms with Gasteiger partial charge in [0.2, 0.25) is 0 Å². The van der Waals surface area contributed by atoms with Crippen LogP contribution in [0, 0.1) is 0 Å². The van der Waals surface area contributed by atoms with Gasteiger partial charge in [0.25, 0.3) is 0 Å². The molecule has 0 aromatic rings. The molecule has 0 aliphatic heterocycles. The Morgan fingerprint density at radius 1 is 1.38 bits per heavy atom. The van der Waals surface area contributed by atoms with E-state index in [2.05, 4.69) is 31.8 Å². The number of ether oxygens (including phenoxy) is 1. The highest BCUT2D eigenvalue weighted by Crippen LogP contribution is 2.29. The summed E-state index contributed by atoms with van der Waals surface area (Å²) in [4.78, 5) is 0. The zero-order valence-electron chi connectivity index (χ0n) is 9.18. The molecule has 1 nitrogen and oxygen atoms in total. The number of allylic oxidation sites excluding steroid dienone is 3. The summed E-state index contributed by atoms with van der Waals surface area (Å²) in [5.74, 6) is 0. The van der Waals surface area contributed by atoms with Crippen LogP contribution in [0.15, 0.2) is 22.9 Å². The molecule has 0 atom stereocenters. The van der Waals surface area contributed by atoms with Gasteiger partial charge in [-0.15, -0.1) is 0 Å². The molecular weight excluding hydrogens is 176 g/mol. The standard InChI is InChI=1S/C11H20OSi/c1-12-9-8-10-6-5-7-11(10)13(2,3)4/h5-6H,7-9H2,1-4H3. The van der Waals surface area contributed by atoms with Crippen LogP contribution >= 0.6 is 0 Å². The second kappa shape index (κ2) is 4.25. The quantitative estimate of drug-likeness (QED) is 0.628. The van der Waals surface area contributed by atoms with Crippen LogP contribution in [0.1, 0.15) is 12.8 Å². The van der Waals surface area contributed by atoms with Gasteiger partial charge in [-0.25, -0.2) is 0 Å². The summed E-state index contributed by atoms with van der Waals surface area (Å²) >= 11 is 0. The molecule has 1 aliphatic carbocycles. The predicted molar refractivity (Wildman–Crippen MR) is 60.6 cm³/mol. The third-order valence-corrected chi connectivity index (χ3v) is 4.85. The molecule has 0 aromatic carbocycles. The van der Waals surface area contributed by atoms with Crippen LogP contribution in [0.5, 0.6) is 0 Å². The average Bonchev–Trinajstić information content (AvgIpc) is 2.47. The normalized spacial score (nSPS) is 17.2. The van der Waals surface area contributed by atoms with Gasteiger partial charge in [0.1, 0.15) is 0 Å². The molecule has 0 saturated carbocycles. The maximum atomic E-state index is 5.11. The molecule has 1 aliphatic rings. The SMILES string of the molecule is COCCC1=C([Si](C)(C)C)CC=C1. The molecule has 1 rings (SSSR count). The number of hydrogen-bond acceptors (Lipinski definition) is 1. The van der Waals surface area contributed by atoms with E-state index in [1.807, 2.05) is 0 Å². The third-order valence-electron chi connectivity index (χ3n) is 2.51. The van der Waals surface area contributed by atoms with Crippen LogP contribution in [0.4, 0.5) is 0 Å². The monoisotopic (exact) mass is 196 g/mol. The van der Waals surface area contributed by atoms with Gasteiger partial charge < -0.3 is 4.74 Å². The summed E-state index contributed by atoms with van der Waals surface area (Å²) in [7, 11) is 0.696. The van der Waals surface area contributed by atoms with E-state index in [1.165, 1.54) is 6.42 Å². The lowest BCUT2D eigenvalue weighted by Gasteiger charge is -2.20. The maximum absolute atomic E-state index is 5.11. The van der Waals surface area contributed by atoms with Crippen molar-refractivity contribution in [1.82, 2.24) is 0 Å². The fourth-order valence-electron chi connectivity index (χ4n) is 1.78. The number of rotatable bonds is 4. The first-order chi connectivity index (χ1) is 6.05. The molecule has 0 saturated heterocycles. The van der Waals surface area contributed by atoms with Gasteiger partial charge >= 0.3 is 0 Å². The Kier molecular flexibility index (Phi) is 3.51. The van der Waals surface area contributed by atoms with Crippen molar-refractivity contribution in [3.63, 3.8) is 0 Å². The Labute approximate surface area is 82.5 Å². The van der Waals surface area contributed by atoms with Crippen molar-refractivity contribution in [2.75, 3.05) is 13.7 Å². The molecular formula is C11H20OSi. The highest BCUT2D eigenvalue weighted by atomic mass is 28.3. The largest absolute Gasteiger partial charge is 0.384 e. The van der Waals surface area contributed by atoms with Gasteiger partial charge in [0.15, 0.2) is 0 Å². The lowest BCUT2D eigenvalue weighted by molar-refractivity contribution is 0.203. The van der Waals surface area contributed by atoms with Crippen LogP contribution in [0.2, 0.25) is 19.6 Å². The van der Waals surface area contributed by atoms with E-state index in [-0.39, 0.29) is 0 Å². The minimum atomic E-state index is -1.08. The van der Waals surface area contributed by atoms with E-state index >= 15 is 0 Å². The molecule has 0 unspecified atom stereocenters. The Morgan fingerprint density at radius 2 is 2.08 bits per heavy atom. The molecule has 2 heteroatoms. The Balaban J connectivity index is 2.70. The van der Waals surface area contributed by atoms with Crippen LogP contribution in [0.25, 0.3) is 0 Å². The van der Waals surface area contributed by atoms with Gasteiger partial charge in [-0.2, -0.15) is 0 Å². The fraction of sp³-hybridized carbons (Fsp3) is 0.636. The summed E-state index contributed by atoms with van der Waals surface area (Å²) in [6.45, 7) is 8.11.